The van der Waals surface area contributed by atoms with Gasteiger partial charge in [0, 0.05) is 6.42 Å². The maximum Gasteiger partial charge on any atom is 0.341 e. The Morgan fingerprint density at radius 2 is 2.00 bits per heavy atom. The Labute approximate surface area is 121 Å². The van der Waals surface area contributed by atoms with Gasteiger partial charge in [-0.3, -0.25) is 4.79 Å². The molecule has 0 bridgehead atoms. The van der Waals surface area contributed by atoms with E-state index >= 15 is 0 Å². The van der Waals surface area contributed by atoms with E-state index in [9.17, 15) is 9.59 Å². The predicted octanol–water partition coefficient (Wildman–Crippen LogP) is 3.88. The minimum atomic E-state index is -0.368. The van der Waals surface area contributed by atoms with Crippen LogP contribution in [0.4, 0.5) is 0 Å². The summed E-state index contributed by atoms with van der Waals surface area (Å²) in [5, 5.41) is 0. The van der Waals surface area contributed by atoms with Gasteiger partial charge in [-0.2, -0.15) is 0 Å². The number of carbonyl (C=O) groups is 2. The fourth-order valence-corrected chi connectivity index (χ4v) is 3.07. The Kier molecular flexibility index (Phi) is 5.57. The van der Waals surface area contributed by atoms with Gasteiger partial charge in [-0.25, -0.2) is 4.79 Å². The minimum absolute atomic E-state index is 0.0200. The number of Topliss-reactive ketones (excluding diaryl/α,β-unsaturated/α-hetero) is 1. The van der Waals surface area contributed by atoms with Gasteiger partial charge in [0.25, 0.3) is 0 Å². The van der Waals surface area contributed by atoms with E-state index in [-0.39, 0.29) is 17.9 Å². The number of rotatable bonds is 6. The van der Waals surface area contributed by atoms with E-state index in [4.69, 9.17) is 4.74 Å². The lowest BCUT2D eigenvalue weighted by Gasteiger charge is -2.22. The van der Waals surface area contributed by atoms with Gasteiger partial charge in [-0.05, 0) is 51.4 Å². The lowest BCUT2D eigenvalue weighted by molar-refractivity contribution is -0.146. The molecule has 110 valence electrons. The highest BCUT2D eigenvalue weighted by atomic mass is 16.5. The van der Waals surface area contributed by atoms with Gasteiger partial charge in [-0.1, -0.05) is 18.1 Å². The van der Waals surface area contributed by atoms with Gasteiger partial charge in [0.2, 0.25) is 0 Å². The summed E-state index contributed by atoms with van der Waals surface area (Å²) in [5.41, 5.74) is 1.36. The molecule has 0 aliphatic heterocycles. The number of carbonyl (C=O) groups excluding carboxylic acids is 2. The van der Waals surface area contributed by atoms with Crippen LogP contribution in [0.25, 0.3) is 0 Å². The fourth-order valence-electron chi connectivity index (χ4n) is 3.07. The second-order valence-corrected chi connectivity index (χ2v) is 5.75. The molecule has 0 aromatic carbocycles. The molecule has 2 rings (SSSR count). The Morgan fingerprint density at radius 1 is 1.25 bits per heavy atom. The van der Waals surface area contributed by atoms with Crippen molar-refractivity contribution in [3.05, 3.63) is 23.8 Å². The van der Waals surface area contributed by atoms with Crippen LogP contribution in [0, 0.1) is 0 Å². The summed E-state index contributed by atoms with van der Waals surface area (Å²) in [6, 6.07) is 0. The van der Waals surface area contributed by atoms with E-state index in [2.05, 4.69) is 6.58 Å². The summed E-state index contributed by atoms with van der Waals surface area (Å²) < 4.78 is 5.54. The molecule has 0 unspecified atom stereocenters. The maximum atomic E-state index is 12.2. The maximum absolute atomic E-state index is 12.2. The number of unbranched alkanes of at least 4 members (excludes halogenated alkanes) is 1. The molecule has 2 aliphatic carbocycles. The zero-order chi connectivity index (χ0) is 14.4. The lowest BCUT2D eigenvalue weighted by atomic mass is 9.97. The highest BCUT2D eigenvalue weighted by Gasteiger charge is 2.31. The molecule has 0 N–H and O–H groups in total. The summed E-state index contributed by atoms with van der Waals surface area (Å²) in [5.74, 6) is -0.396. The van der Waals surface area contributed by atoms with E-state index in [1.807, 2.05) is 6.08 Å². The summed E-state index contributed by atoms with van der Waals surface area (Å²) in [7, 11) is 0. The number of esters is 1. The molecular formula is C17H24O3. The van der Waals surface area contributed by atoms with Crippen molar-refractivity contribution in [2.24, 2.45) is 0 Å². The first-order valence-corrected chi connectivity index (χ1v) is 7.79. The van der Waals surface area contributed by atoms with Crippen molar-refractivity contribution in [3.63, 3.8) is 0 Å². The molecule has 0 aromatic rings. The highest BCUT2D eigenvalue weighted by Crippen LogP contribution is 2.29. The monoisotopic (exact) mass is 276 g/mol. The SMILES string of the molecule is C=CCCCC1=C(C(=O)OC2CCCCC2)C(=O)CC1. The van der Waals surface area contributed by atoms with Crippen molar-refractivity contribution < 1.29 is 14.3 Å². The van der Waals surface area contributed by atoms with Crippen molar-refractivity contribution >= 4 is 11.8 Å². The largest absolute Gasteiger partial charge is 0.459 e. The second-order valence-electron chi connectivity index (χ2n) is 5.75. The first-order valence-electron chi connectivity index (χ1n) is 7.79. The molecule has 3 heteroatoms. The van der Waals surface area contributed by atoms with Gasteiger partial charge >= 0.3 is 5.97 Å². The second kappa shape index (κ2) is 7.41. The normalized spacial score (nSPS) is 20.3. The standard InChI is InChI=1S/C17H24O3/c1-2-3-5-8-13-11-12-15(18)16(13)17(19)20-14-9-6-4-7-10-14/h2,14H,1,3-12H2. The van der Waals surface area contributed by atoms with E-state index in [0.29, 0.717) is 12.0 Å². The Bertz CT molecular complexity index is 414. The molecule has 0 atom stereocenters. The van der Waals surface area contributed by atoms with Crippen LogP contribution in [0.3, 0.4) is 0 Å². The van der Waals surface area contributed by atoms with Crippen molar-refractivity contribution in [2.75, 3.05) is 0 Å². The van der Waals surface area contributed by atoms with E-state index in [1.54, 1.807) is 0 Å². The quantitative estimate of drug-likeness (QED) is 0.320. The van der Waals surface area contributed by atoms with Crippen molar-refractivity contribution in [2.45, 2.75) is 70.3 Å². The molecular weight excluding hydrogens is 252 g/mol. The van der Waals surface area contributed by atoms with Crippen molar-refractivity contribution in [1.82, 2.24) is 0 Å². The zero-order valence-electron chi connectivity index (χ0n) is 12.2. The highest BCUT2D eigenvalue weighted by molar-refractivity contribution is 6.19. The Balaban J connectivity index is 1.97. The van der Waals surface area contributed by atoms with Crippen LogP contribution >= 0.6 is 0 Å². The zero-order valence-corrected chi connectivity index (χ0v) is 12.2. The molecule has 1 fully saturated rings. The number of hydrogen-bond acceptors (Lipinski definition) is 3. The van der Waals surface area contributed by atoms with Crippen LogP contribution in [0.2, 0.25) is 0 Å². The smallest absolute Gasteiger partial charge is 0.341 e. The molecule has 0 saturated heterocycles. The lowest BCUT2D eigenvalue weighted by Crippen LogP contribution is -2.23. The number of hydrogen-bond donors (Lipinski definition) is 0. The third kappa shape index (κ3) is 3.81. The molecule has 0 amide bonds. The van der Waals surface area contributed by atoms with Crippen molar-refractivity contribution in [3.8, 4) is 0 Å². The molecule has 0 aromatic heterocycles. The Hall–Kier alpha value is -1.38. The fraction of sp³-hybridized carbons (Fsp3) is 0.647. The van der Waals surface area contributed by atoms with Gasteiger partial charge in [0.1, 0.15) is 11.7 Å². The first kappa shape index (κ1) is 15.0. The molecule has 0 spiro atoms. The summed E-state index contributed by atoms with van der Waals surface area (Å²) >= 11 is 0. The first-order chi connectivity index (χ1) is 9.72. The summed E-state index contributed by atoms with van der Waals surface area (Å²) in [4.78, 5) is 24.2. The van der Waals surface area contributed by atoms with Crippen LogP contribution in [0.5, 0.6) is 0 Å². The van der Waals surface area contributed by atoms with Crippen molar-refractivity contribution in [1.29, 1.82) is 0 Å². The molecule has 0 radical (unpaired) electrons. The van der Waals surface area contributed by atoms with E-state index < -0.39 is 0 Å². The van der Waals surface area contributed by atoms with Crippen LogP contribution in [-0.2, 0) is 14.3 Å². The third-order valence-electron chi connectivity index (χ3n) is 4.20. The summed E-state index contributed by atoms with van der Waals surface area (Å²) in [6.07, 6.45) is 11.1. The third-order valence-corrected chi connectivity index (χ3v) is 4.20. The average Bonchev–Trinajstić information content (AvgIpc) is 2.81. The summed E-state index contributed by atoms with van der Waals surface area (Å²) in [6.45, 7) is 3.70. The average molecular weight is 276 g/mol. The van der Waals surface area contributed by atoms with Crippen LogP contribution in [0.15, 0.2) is 23.8 Å². The Morgan fingerprint density at radius 3 is 2.70 bits per heavy atom. The van der Waals surface area contributed by atoms with E-state index in [0.717, 1.165) is 56.9 Å². The van der Waals surface area contributed by atoms with Crippen LogP contribution < -0.4 is 0 Å². The molecule has 20 heavy (non-hydrogen) atoms. The van der Waals surface area contributed by atoms with Gasteiger partial charge in [0.05, 0.1) is 0 Å². The van der Waals surface area contributed by atoms with Gasteiger partial charge in [0.15, 0.2) is 5.78 Å². The van der Waals surface area contributed by atoms with Crippen LogP contribution in [-0.4, -0.2) is 17.9 Å². The number of ketones is 1. The van der Waals surface area contributed by atoms with Crippen LogP contribution in [0.1, 0.15) is 64.2 Å². The predicted molar refractivity (Wildman–Crippen MR) is 78.3 cm³/mol. The molecule has 2 aliphatic rings. The van der Waals surface area contributed by atoms with Gasteiger partial charge in [-0.15, -0.1) is 6.58 Å². The van der Waals surface area contributed by atoms with Gasteiger partial charge < -0.3 is 4.74 Å². The van der Waals surface area contributed by atoms with E-state index in [1.165, 1.54) is 6.42 Å². The molecule has 1 saturated carbocycles. The number of ether oxygens (including phenoxy) is 1. The topological polar surface area (TPSA) is 43.4 Å². The molecule has 3 nitrogen and oxygen atoms in total. The molecule has 0 heterocycles. The minimum Gasteiger partial charge on any atom is -0.459 e. The number of allylic oxidation sites excluding steroid dienone is 2.